The lowest BCUT2D eigenvalue weighted by Crippen LogP contribution is -2.27. The third-order valence-electron chi connectivity index (χ3n) is 4.45. The average molecular weight is 429 g/mol. The maximum atomic E-state index is 13.3. The van der Waals surface area contributed by atoms with E-state index in [1.54, 1.807) is 53.4 Å². The number of amides is 1. The van der Waals surface area contributed by atoms with Crippen LogP contribution >= 0.6 is 11.8 Å². The fraction of sp³-hybridized carbons (Fsp3) is 0.0952. The molecule has 1 unspecified atom stereocenters. The van der Waals surface area contributed by atoms with Gasteiger partial charge in [0.15, 0.2) is 0 Å². The van der Waals surface area contributed by atoms with Crippen molar-refractivity contribution in [1.82, 2.24) is 0 Å². The predicted molar refractivity (Wildman–Crippen MR) is 113 cm³/mol. The maximum Gasteiger partial charge on any atom is 0.261 e. The second-order valence-corrected chi connectivity index (χ2v) is 9.20. The highest BCUT2D eigenvalue weighted by molar-refractivity contribution is 8.00. The zero-order chi connectivity index (χ0) is 20.4. The van der Waals surface area contributed by atoms with Crippen molar-refractivity contribution in [2.45, 2.75) is 10.3 Å². The molecule has 4 rings (SSSR count). The molecule has 0 bridgehead atoms. The van der Waals surface area contributed by atoms with E-state index in [0.29, 0.717) is 17.1 Å². The summed E-state index contributed by atoms with van der Waals surface area (Å²) in [6.07, 6.45) is 0. The van der Waals surface area contributed by atoms with Crippen molar-refractivity contribution in [3.63, 3.8) is 0 Å². The number of benzene rings is 3. The smallest absolute Gasteiger partial charge is 0.261 e. The summed E-state index contributed by atoms with van der Waals surface area (Å²) >= 11 is 1.44. The van der Waals surface area contributed by atoms with Crippen LogP contribution in [0.25, 0.3) is 0 Å². The van der Waals surface area contributed by atoms with Gasteiger partial charge in [0.05, 0.1) is 10.6 Å². The Morgan fingerprint density at radius 2 is 1.69 bits per heavy atom. The molecule has 8 heteroatoms. The first kappa shape index (κ1) is 19.5. The molecule has 0 saturated carbocycles. The van der Waals surface area contributed by atoms with Crippen LogP contribution in [-0.4, -0.2) is 20.1 Å². The molecule has 0 spiro atoms. The molecule has 1 fully saturated rings. The van der Waals surface area contributed by atoms with Gasteiger partial charge in [0, 0.05) is 11.4 Å². The van der Waals surface area contributed by atoms with Crippen molar-refractivity contribution < 1.29 is 17.6 Å². The van der Waals surface area contributed by atoms with Gasteiger partial charge in [-0.1, -0.05) is 30.3 Å². The van der Waals surface area contributed by atoms with Gasteiger partial charge >= 0.3 is 0 Å². The SMILES string of the molecule is O=C1CSC(c2cccc(NS(=O)(=O)c3ccccc3)c2)N1c1ccc(F)cc1. The summed E-state index contributed by atoms with van der Waals surface area (Å²) in [5.74, 6) is -0.161. The molecule has 0 radical (unpaired) electrons. The van der Waals surface area contributed by atoms with Gasteiger partial charge in [-0.2, -0.15) is 0 Å². The Morgan fingerprint density at radius 1 is 0.966 bits per heavy atom. The number of halogens is 1. The third-order valence-corrected chi connectivity index (χ3v) is 7.06. The van der Waals surface area contributed by atoms with Crippen molar-refractivity contribution in [3.05, 3.63) is 90.2 Å². The summed E-state index contributed by atoms with van der Waals surface area (Å²) in [5, 5.41) is -0.325. The minimum absolute atomic E-state index is 0.0816. The topological polar surface area (TPSA) is 66.5 Å². The van der Waals surface area contributed by atoms with E-state index < -0.39 is 10.0 Å². The van der Waals surface area contributed by atoms with E-state index >= 15 is 0 Å². The van der Waals surface area contributed by atoms with Crippen LogP contribution in [0, 0.1) is 5.82 Å². The Morgan fingerprint density at radius 3 is 2.41 bits per heavy atom. The summed E-state index contributed by atoms with van der Waals surface area (Å²) in [4.78, 5) is 14.2. The van der Waals surface area contributed by atoms with Crippen LogP contribution in [0.15, 0.2) is 83.8 Å². The molecule has 3 aromatic rings. The van der Waals surface area contributed by atoms with E-state index in [-0.39, 0.29) is 22.0 Å². The van der Waals surface area contributed by atoms with Crippen LogP contribution in [0.3, 0.4) is 0 Å². The predicted octanol–water partition coefficient (Wildman–Crippen LogP) is 4.41. The number of rotatable bonds is 5. The standard InChI is InChI=1S/C21H17FN2O3S2/c22-16-9-11-18(12-10-16)24-20(25)14-28-21(24)15-5-4-6-17(13-15)23-29(26,27)19-7-2-1-3-8-19/h1-13,21,23H,14H2. The van der Waals surface area contributed by atoms with Crippen LogP contribution in [0.4, 0.5) is 15.8 Å². The normalized spacial score (nSPS) is 16.8. The van der Waals surface area contributed by atoms with E-state index in [9.17, 15) is 17.6 Å². The fourth-order valence-electron chi connectivity index (χ4n) is 3.12. The second kappa shape index (κ2) is 7.88. The van der Waals surface area contributed by atoms with Gasteiger partial charge in [0.1, 0.15) is 11.2 Å². The Labute approximate surface area is 172 Å². The molecule has 1 atom stereocenters. The van der Waals surface area contributed by atoms with Gasteiger partial charge < -0.3 is 0 Å². The highest BCUT2D eigenvalue weighted by Crippen LogP contribution is 2.42. The van der Waals surface area contributed by atoms with E-state index in [4.69, 9.17) is 0 Å². The number of nitrogens with one attached hydrogen (secondary N) is 1. The number of thioether (sulfide) groups is 1. The van der Waals surface area contributed by atoms with Crippen molar-refractivity contribution >= 4 is 39.1 Å². The Bertz CT molecular complexity index is 1140. The minimum atomic E-state index is -3.71. The molecular formula is C21H17FN2O3S2. The molecule has 29 heavy (non-hydrogen) atoms. The maximum absolute atomic E-state index is 13.3. The van der Waals surface area contributed by atoms with Gasteiger partial charge in [-0.25, -0.2) is 12.8 Å². The van der Waals surface area contributed by atoms with Gasteiger partial charge in [-0.3, -0.25) is 14.4 Å². The average Bonchev–Trinajstić information content (AvgIpc) is 3.11. The molecule has 0 aliphatic carbocycles. The van der Waals surface area contributed by atoms with Gasteiger partial charge in [0.2, 0.25) is 5.91 Å². The van der Waals surface area contributed by atoms with Crippen molar-refractivity contribution in [2.24, 2.45) is 0 Å². The first-order valence-electron chi connectivity index (χ1n) is 8.81. The number of hydrogen-bond donors (Lipinski definition) is 1. The highest BCUT2D eigenvalue weighted by atomic mass is 32.2. The first-order chi connectivity index (χ1) is 13.9. The number of nitrogens with zero attached hydrogens (tertiary/aromatic N) is 1. The number of carbonyl (C=O) groups excluding carboxylic acids is 1. The van der Waals surface area contributed by atoms with Crippen LogP contribution in [0.1, 0.15) is 10.9 Å². The first-order valence-corrected chi connectivity index (χ1v) is 11.3. The molecule has 1 N–H and O–H groups in total. The van der Waals surface area contributed by atoms with Crippen LogP contribution < -0.4 is 9.62 Å². The van der Waals surface area contributed by atoms with Crippen LogP contribution in [0.2, 0.25) is 0 Å². The summed E-state index contributed by atoms with van der Waals surface area (Å²) < 4.78 is 41.0. The number of sulfonamides is 1. The Kier molecular flexibility index (Phi) is 5.29. The second-order valence-electron chi connectivity index (χ2n) is 6.45. The van der Waals surface area contributed by atoms with Gasteiger partial charge in [-0.05, 0) is 54.1 Å². The van der Waals surface area contributed by atoms with E-state index in [1.807, 2.05) is 6.07 Å². The molecule has 1 heterocycles. The number of carbonyl (C=O) groups is 1. The van der Waals surface area contributed by atoms with E-state index in [1.165, 1.54) is 36.0 Å². The lowest BCUT2D eigenvalue weighted by atomic mass is 10.1. The zero-order valence-corrected chi connectivity index (χ0v) is 16.8. The quantitative estimate of drug-likeness (QED) is 0.654. The van der Waals surface area contributed by atoms with Crippen molar-refractivity contribution in [3.8, 4) is 0 Å². The monoisotopic (exact) mass is 428 g/mol. The zero-order valence-electron chi connectivity index (χ0n) is 15.2. The fourth-order valence-corrected chi connectivity index (χ4v) is 5.36. The molecule has 5 nitrogen and oxygen atoms in total. The molecule has 0 aromatic heterocycles. The van der Waals surface area contributed by atoms with E-state index in [2.05, 4.69) is 4.72 Å². The molecule has 148 valence electrons. The lowest BCUT2D eigenvalue weighted by Gasteiger charge is -2.24. The van der Waals surface area contributed by atoms with E-state index in [0.717, 1.165) is 5.56 Å². The Balaban J connectivity index is 1.63. The van der Waals surface area contributed by atoms with Crippen molar-refractivity contribution in [1.29, 1.82) is 0 Å². The molecule has 1 aliphatic rings. The number of anilines is 2. The minimum Gasteiger partial charge on any atom is -0.295 e. The Hall–Kier alpha value is -2.84. The molecule has 1 amide bonds. The summed E-state index contributed by atoms with van der Waals surface area (Å²) in [7, 11) is -3.71. The molecular weight excluding hydrogens is 411 g/mol. The van der Waals surface area contributed by atoms with Gasteiger partial charge in [-0.15, -0.1) is 11.8 Å². The molecule has 3 aromatic carbocycles. The largest absolute Gasteiger partial charge is 0.295 e. The summed E-state index contributed by atoms with van der Waals surface area (Å²) in [5.41, 5.74) is 1.78. The number of hydrogen-bond acceptors (Lipinski definition) is 4. The highest BCUT2D eigenvalue weighted by Gasteiger charge is 2.34. The van der Waals surface area contributed by atoms with Crippen LogP contribution in [-0.2, 0) is 14.8 Å². The third kappa shape index (κ3) is 4.13. The van der Waals surface area contributed by atoms with Crippen LogP contribution in [0.5, 0.6) is 0 Å². The van der Waals surface area contributed by atoms with Crippen molar-refractivity contribution in [2.75, 3.05) is 15.4 Å². The molecule has 1 saturated heterocycles. The van der Waals surface area contributed by atoms with Gasteiger partial charge in [0.25, 0.3) is 10.0 Å². The lowest BCUT2D eigenvalue weighted by molar-refractivity contribution is -0.115. The molecule has 1 aliphatic heterocycles. The summed E-state index contributed by atoms with van der Waals surface area (Å²) in [6.45, 7) is 0. The summed E-state index contributed by atoms with van der Waals surface area (Å²) in [6, 6.07) is 20.8.